The summed E-state index contributed by atoms with van der Waals surface area (Å²) in [5.41, 5.74) is 1.94. The van der Waals surface area contributed by atoms with Crippen LogP contribution in [0.5, 0.6) is 0 Å². The number of hydrogen-bond acceptors (Lipinski definition) is 4. The number of benzene rings is 1. The predicted molar refractivity (Wildman–Crippen MR) is 110 cm³/mol. The number of pyridine rings is 1. The molecule has 1 aromatic carbocycles. The van der Waals surface area contributed by atoms with Crippen molar-refractivity contribution in [1.29, 1.82) is 0 Å². The fraction of sp³-hybridized carbons (Fsp3) is 0.333. The van der Waals surface area contributed by atoms with Crippen molar-refractivity contribution >= 4 is 16.9 Å². The maximum atomic E-state index is 12.8. The van der Waals surface area contributed by atoms with Crippen molar-refractivity contribution in [1.82, 2.24) is 4.98 Å². The highest BCUT2D eigenvalue weighted by Gasteiger charge is 2.47. The largest absolute Gasteiger partial charge is 0.457 e. The van der Waals surface area contributed by atoms with Crippen LogP contribution in [0.15, 0.2) is 72.0 Å². The molecule has 3 aliphatic heterocycles. The maximum absolute atomic E-state index is 12.8. The summed E-state index contributed by atoms with van der Waals surface area (Å²) in [7, 11) is 0. The summed E-state index contributed by atoms with van der Waals surface area (Å²) in [5.74, 6) is 0.977. The zero-order valence-corrected chi connectivity index (χ0v) is 16.3. The van der Waals surface area contributed by atoms with Gasteiger partial charge in [-0.25, -0.2) is 4.79 Å². The minimum Gasteiger partial charge on any atom is -0.457 e. The van der Waals surface area contributed by atoms with E-state index >= 15 is 0 Å². The van der Waals surface area contributed by atoms with Crippen LogP contribution in [0.3, 0.4) is 0 Å². The van der Waals surface area contributed by atoms with Crippen LogP contribution in [0, 0.1) is 11.8 Å². The Morgan fingerprint density at radius 3 is 2.93 bits per heavy atom. The van der Waals surface area contributed by atoms with Crippen molar-refractivity contribution in [3.8, 4) is 0 Å². The smallest absolute Gasteiger partial charge is 0.375 e. The Balaban J connectivity index is 1.55. The van der Waals surface area contributed by atoms with Crippen LogP contribution in [-0.4, -0.2) is 30.1 Å². The van der Waals surface area contributed by atoms with Crippen LogP contribution < -0.4 is 4.90 Å². The van der Waals surface area contributed by atoms with Crippen molar-refractivity contribution in [3.05, 3.63) is 78.9 Å². The molecule has 1 unspecified atom stereocenters. The SMILES string of the molecule is C=C[C@@H]1C[NH+]2CC[C@H]1C[C@@H]2[C@H](OC(=O)c1ccco1)c1ccnc2ccccc12. The van der Waals surface area contributed by atoms with Crippen LogP contribution in [0.4, 0.5) is 0 Å². The highest BCUT2D eigenvalue weighted by Crippen LogP contribution is 2.36. The Bertz CT molecular complexity index is 1020. The van der Waals surface area contributed by atoms with E-state index in [4.69, 9.17) is 9.15 Å². The van der Waals surface area contributed by atoms with Gasteiger partial charge in [0, 0.05) is 35.9 Å². The number of furan rings is 1. The Labute approximate surface area is 170 Å². The number of aromatic nitrogens is 1. The molecule has 3 fully saturated rings. The minimum atomic E-state index is -0.414. The lowest BCUT2D eigenvalue weighted by molar-refractivity contribution is -0.949. The topological polar surface area (TPSA) is 56.8 Å². The minimum absolute atomic E-state index is 0.217. The van der Waals surface area contributed by atoms with Gasteiger partial charge in [0.2, 0.25) is 5.76 Å². The van der Waals surface area contributed by atoms with Crippen molar-refractivity contribution < 1.29 is 18.8 Å². The molecule has 148 valence electrons. The van der Waals surface area contributed by atoms with Gasteiger partial charge in [0.05, 0.1) is 24.9 Å². The average molecular weight is 389 g/mol. The molecule has 2 aromatic heterocycles. The number of ether oxygens (including phenoxy) is 1. The highest BCUT2D eigenvalue weighted by atomic mass is 16.6. The molecule has 0 saturated carbocycles. The molecule has 5 atom stereocenters. The summed E-state index contributed by atoms with van der Waals surface area (Å²) in [6, 6.07) is 13.6. The van der Waals surface area contributed by atoms with Crippen LogP contribution in [0.2, 0.25) is 0 Å². The van der Waals surface area contributed by atoms with Crippen molar-refractivity contribution in [2.45, 2.75) is 25.0 Å². The van der Waals surface area contributed by atoms with Gasteiger partial charge in [0.1, 0.15) is 6.04 Å². The molecule has 0 spiro atoms. The first kappa shape index (κ1) is 18.1. The summed E-state index contributed by atoms with van der Waals surface area (Å²) in [6.07, 6.45) is 7.30. The number of rotatable bonds is 5. The maximum Gasteiger partial charge on any atom is 0.375 e. The van der Waals surface area contributed by atoms with Gasteiger partial charge in [0.25, 0.3) is 0 Å². The van der Waals surface area contributed by atoms with Gasteiger partial charge in [-0.2, -0.15) is 0 Å². The number of carbonyl (C=O) groups is 1. The lowest BCUT2D eigenvalue weighted by Gasteiger charge is -2.48. The fourth-order valence-electron chi connectivity index (χ4n) is 5.19. The second-order valence-electron chi connectivity index (χ2n) is 8.12. The van der Waals surface area contributed by atoms with E-state index in [0.717, 1.165) is 36.0 Å². The van der Waals surface area contributed by atoms with Crippen molar-refractivity contribution in [3.63, 3.8) is 0 Å². The van der Waals surface area contributed by atoms with Crippen molar-refractivity contribution in [2.24, 2.45) is 11.8 Å². The summed E-state index contributed by atoms with van der Waals surface area (Å²) in [6.45, 7) is 6.20. The van der Waals surface area contributed by atoms with Crippen LogP contribution in [-0.2, 0) is 4.74 Å². The number of carbonyl (C=O) groups excluding carboxylic acids is 1. The molecular weight excluding hydrogens is 364 g/mol. The molecule has 3 saturated heterocycles. The number of nitrogens with zero attached hydrogens (tertiary/aromatic N) is 1. The molecule has 5 nitrogen and oxygen atoms in total. The molecule has 3 aliphatic rings. The Morgan fingerprint density at radius 2 is 2.17 bits per heavy atom. The van der Waals surface area contributed by atoms with Gasteiger partial charge in [-0.3, -0.25) is 4.98 Å². The molecule has 1 N–H and O–H groups in total. The molecule has 5 heterocycles. The lowest BCUT2D eigenvalue weighted by Crippen LogP contribution is -3.20. The second kappa shape index (κ2) is 7.48. The van der Waals surface area contributed by atoms with E-state index in [2.05, 4.69) is 23.7 Å². The molecule has 6 rings (SSSR count). The van der Waals surface area contributed by atoms with E-state index < -0.39 is 5.97 Å². The van der Waals surface area contributed by atoms with Crippen LogP contribution >= 0.6 is 0 Å². The van der Waals surface area contributed by atoms with Gasteiger partial charge in [-0.15, -0.1) is 6.58 Å². The quantitative estimate of drug-likeness (QED) is 0.538. The highest BCUT2D eigenvalue weighted by molar-refractivity contribution is 5.87. The van der Waals surface area contributed by atoms with Gasteiger partial charge in [0.15, 0.2) is 6.10 Å². The molecule has 29 heavy (non-hydrogen) atoms. The van der Waals surface area contributed by atoms with Crippen LogP contribution in [0.25, 0.3) is 10.9 Å². The predicted octanol–water partition coefficient (Wildman–Crippen LogP) is 3.21. The number of piperidine rings is 3. The number of fused-ring (bicyclic) bond motifs is 4. The molecule has 0 amide bonds. The third kappa shape index (κ3) is 3.25. The van der Waals surface area contributed by atoms with E-state index in [1.165, 1.54) is 17.6 Å². The Kier molecular flexibility index (Phi) is 4.68. The lowest BCUT2D eigenvalue weighted by atomic mass is 9.73. The van der Waals surface area contributed by atoms with E-state index in [9.17, 15) is 4.79 Å². The van der Waals surface area contributed by atoms with Gasteiger partial charge < -0.3 is 14.1 Å². The molecule has 5 heteroatoms. The van der Waals surface area contributed by atoms with Gasteiger partial charge in [-0.1, -0.05) is 24.3 Å². The molecule has 0 aliphatic carbocycles. The summed E-state index contributed by atoms with van der Waals surface area (Å²) >= 11 is 0. The zero-order chi connectivity index (χ0) is 19.8. The molecule has 3 aromatic rings. The number of esters is 1. The Morgan fingerprint density at radius 1 is 1.28 bits per heavy atom. The summed E-state index contributed by atoms with van der Waals surface area (Å²) in [5, 5.41) is 1.04. The standard InChI is InChI=1S/C24H24N2O3/c1-2-16-15-26-12-10-17(16)14-21(26)23(29-24(27)22-8-5-13-28-22)19-9-11-25-20-7-4-3-6-18(19)20/h2-9,11,13,16-17,21,23H,1,10,12,14-15H2/p+1/t16-,17+,21-,23-/m1/s1. The van der Waals surface area contributed by atoms with E-state index in [1.54, 1.807) is 12.1 Å². The fourth-order valence-corrected chi connectivity index (χ4v) is 5.19. The normalized spacial score (nSPS) is 26.9. The van der Waals surface area contributed by atoms with E-state index in [0.29, 0.717) is 11.8 Å². The molecular formula is C24H25N2O3+. The Hall–Kier alpha value is -2.92. The average Bonchev–Trinajstić information content (AvgIpc) is 3.32. The third-order valence-corrected chi connectivity index (χ3v) is 6.63. The van der Waals surface area contributed by atoms with Crippen LogP contribution in [0.1, 0.15) is 35.1 Å². The van der Waals surface area contributed by atoms with E-state index in [1.807, 2.05) is 30.5 Å². The first-order valence-electron chi connectivity index (χ1n) is 10.3. The summed E-state index contributed by atoms with van der Waals surface area (Å²) < 4.78 is 11.4. The summed E-state index contributed by atoms with van der Waals surface area (Å²) in [4.78, 5) is 18.8. The number of para-hydroxylation sites is 1. The number of hydrogen-bond donors (Lipinski definition) is 1. The first-order valence-corrected chi connectivity index (χ1v) is 10.3. The van der Waals surface area contributed by atoms with Gasteiger partial charge in [-0.05, 0) is 30.2 Å². The monoisotopic (exact) mass is 389 g/mol. The second-order valence-corrected chi connectivity index (χ2v) is 8.12. The molecule has 0 radical (unpaired) electrons. The first-order chi connectivity index (χ1) is 14.2. The van der Waals surface area contributed by atoms with Crippen molar-refractivity contribution in [2.75, 3.05) is 13.1 Å². The molecule has 2 bridgehead atoms. The zero-order valence-electron chi connectivity index (χ0n) is 16.3. The number of quaternary nitrogens is 1. The number of nitrogens with one attached hydrogen (secondary N) is 1. The van der Waals surface area contributed by atoms with Gasteiger partial charge >= 0.3 is 5.97 Å². The van der Waals surface area contributed by atoms with E-state index in [-0.39, 0.29) is 17.9 Å². The third-order valence-electron chi connectivity index (χ3n) is 6.63.